The minimum atomic E-state index is -0.451. The van der Waals surface area contributed by atoms with E-state index in [0.29, 0.717) is 12.1 Å². The van der Waals surface area contributed by atoms with Crippen molar-refractivity contribution in [3.05, 3.63) is 56.5 Å². The molecule has 0 unspecified atom stereocenters. The highest BCUT2D eigenvalue weighted by molar-refractivity contribution is 7.09. The van der Waals surface area contributed by atoms with Crippen molar-refractivity contribution in [3.63, 3.8) is 0 Å². The number of hydrogen-bond acceptors (Lipinski definition) is 5. The third kappa shape index (κ3) is 4.75. The van der Waals surface area contributed by atoms with Gasteiger partial charge >= 0.3 is 6.03 Å². The molecule has 0 aliphatic heterocycles. The van der Waals surface area contributed by atoms with E-state index in [-0.39, 0.29) is 24.2 Å². The number of nitrogens with zero attached hydrogens (tertiary/aromatic N) is 3. The van der Waals surface area contributed by atoms with Crippen LogP contribution in [0.15, 0.2) is 35.8 Å². The number of urea groups is 1. The van der Waals surface area contributed by atoms with Crippen LogP contribution in [0.25, 0.3) is 0 Å². The summed E-state index contributed by atoms with van der Waals surface area (Å²) in [6, 6.07) is 6.00. The molecule has 1 atom stereocenters. The number of likely N-dealkylation sites (N-methyl/N-ethyl adjacent to an activating group) is 1. The summed E-state index contributed by atoms with van der Waals surface area (Å²) in [4.78, 5) is 28.2. The summed E-state index contributed by atoms with van der Waals surface area (Å²) < 4.78 is 0. The van der Waals surface area contributed by atoms with Crippen molar-refractivity contribution >= 4 is 23.1 Å². The lowest BCUT2D eigenvalue weighted by Gasteiger charge is -2.21. The Morgan fingerprint density at radius 1 is 1.52 bits per heavy atom. The Kier molecular flexibility index (Phi) is 5.64. The Morgan fingerprint density at radius 2 is 2.30 bits per heavy atom. The van der Waals surface area contributed by atoms with Gasteiger partial charge in [-0.15, -0.1) is 11.3 Å². The first kappa shape index (κ1) is 16.9. The molecule has 23 heavy (non-hydrogen) atoms. The van der Waals surface area contributed by atoms with Crippen LogP contribution >= 0.6 is 11.3 Å². The van der Waals surface area contributed by atoms with E-state index < -0.39 is 4.92 Å². The lowest BCUT2D eigenvalue weighted by atomic mass is 10.2. The smallest absolute Gasteiger partial charge is 0.317 e. The summed E-state index contributed by atoms with van der Waals surface area (Å²) in [6.07, 6.45) is 1.75. The normalized spacial score (nSPS) is 11.7. The van der Waals surface area contributed by atoms with Crippen molar-refractivity contribution in [2.75, 3.05) is 13.6 Å². The van der Waals surface area contributed by atoms with Gasteiger partial charge in [0.05, 0.1) is 9.93 Å². The number of nitrogens with one attached hydrogen (secondary N) is 1. The molecule has 1 heterocycles. The van der Waals surface area contributed by atoms with Crippen LogP contribution in [0.4, 0.5) is 10.5 Å². The van der Waals surface area contributed by atoms with E-state index >= 15 is 0 Å². The highest BCUT2D eigenvalue weighted by atomic mass is 32.1. The van der Waals surface area contributed by atoms with Gasteiger partial charge in [-0.1, -0.05) is 19.1 Å². The van der Waals surface area contributed by atoms with Crippen LogP contribution in [0.2, 0.25) is 0 Å². The number of thiazole rings is 1. The molecule has 1 aromatic heterocycles. The predicted octanol–water partition coefficient (Wildman–Crippen LogP) is 3.00. The number of hydrogen-bond donors (Lipinski definition) is 1. The van der Waals surface area contributed by atoms with Crippen molar-refractivity contribution in [2.24, 2.45) is 0 Å². The number of nitro groups is 1. The molecule has 2 amide bonds. The van der Waals surface area contributed by atoms with Crippen molar-refractivity contribution < 1.29 is 9.72 Å². The van der Waals surface area contributed by atoms with Crippen LogP contribution in [0.3, 0.4) is 0 Å². The summed E-state index contributed by atoms with van der Waals surface area (Å²) in [7, 11) is 1.72. The van der Waals surface area contributed by atoms with E-state index in [0.717, 1.165) is 5.01 Å². The van der Waals surface area contributed by atoms with Crippen LogP contribution < -0.4 is 5.32 Å². The van der Waals surface area contributed by atoms with Crippen LogP contribution in [0, 0.1) is 10.1 Å². The highest BCUT2D eigenvalue weighted by Crippen LogP contribution is 2.18. The molecule has 0 spiro atoms. The SMILES string of the molecule is C[C@H](CN(C)C(=O)NCc1cccc([N+](=O)[O-])c1)c1nccs1. The number of carbonyl (C=O) groups excluding carboxylic acids is 1. The average molecular weight is 334 g/mol. The van der Waals surface area contributed by atoms with E-state index in [2.05, 4.69) is 10.3 Å². The Morgan fingerprint density at radius 3 is 2.96 bits per heavy atom. The molecule has 2 rings (SSSR count). The molecule has 7 nitrogen and oxygen atoms in total. The van der Waals surface area contributed by atoms with E-state index in [1.54, 1.807) is 41.6 Å². The molecular formula is C15H18N4O3S. The van der Waals surface area contributed by atoms with Crippen LogP contribution in [-0.4, -0.2) is 34.4 Å². The zero-order valence-electron chi connectivity index (χ0n) is 12.9. The Balaban J connectivity index is 1.86. The molecule has 0 saturated carbocycles. The van der Waals surface area contributed by atoms with Crippen LogP contribution in [-0.2, 0) is 6.54 Å². The molecule has 0 fully saturated rings. The van der Waals surface area contributed by atoms with Gasteiger partial charge in [0.2, 0.25) is 0 Å². The average Bonchev–Trinajstić information content (AvgIpc) is 3.07. The first-order chi connectivity index (χ1) is 11.0. The van der Waals surface area contributed by atoms with E-state index in [1.807, 2.05) is 12.3 Å². The van der Waals surface area contributed by atoms with Gasteiger partial charge in [0.1, 0.15) is 0 Å². The first-order valence-corrected chi connectivity index (χ1v) is 7.97. The molecule has 8 heteroatoms. The minimum absolute atomic E-state index is 0.0162. The maximum atomic E-state index is 12.1. The predicted molar refractivity (Wildman–Crippen MR) is 88.5 cm³/mol. The Bertz CT molecular complexity index is 675. The maximum Gasteiger partial charge on any atom is 0.317 e. The second-order valence-corrected chi connectivity index (χ2v) is 6.16. The fraction of sp³-hybridized carbons (Fsp3) is 0.333. The van der Waals surface area contributed by atoms with E-state index in [1.165, 1.54) is 12.1 Å². The third-order valence-electron chi connectivity index (χ3n) is 3.33. The van der Waals surface area contributed by atoms with Crippen molar-refractivity contribution in [3.8, 4) is 0 Å². The minimum Gasteiger partial charge on any atom is -0.334 e. The molecule has 0 aliphatic carbocycles. The summed E-state index contributed by atoms with van der Waals surface area (Å²) in [6.45, 7) is 2.81. The second kappa shape index (κ2) is 7.68. The number of benzene rings is 1. The monoisotopic (exact) mass is 334 g/mol. The molecule has 1 aromatic carbocycles. The van der Waals surface area contributed by atoms with E-state index in [9.17, 15) is 14.9 Å². The summed E-state index contributed by atoms with van der Waals surface area (Å²) in [5.74, 6) is 0.156. The van der Waals surface area contributed by atoms with Crippen LogP contribution in [0.1, 0.15) is 23.4 Å². The number of aromatic nitrogens is 1. The quantitative estimate of drug-likeness (QED) is 0.649. The first-order valence-electron chi connectivity index (χ1n) is 7.09. The molecular weight excluding hydrogens is 316 g/mol. The van der Waals surface area contributed by atoms with Gasteiger partial charge < -0.3 is 10.2 Å². The van der Waals surface area contributed by atoms with Gasteiger partial charge in [0.15, 0.2) is 0 Å². The van der Waals surface area contributed by atoms with Crippen molar-refractivity contribution in [1.82, 2.24) is 15.2 Å². The Hall–Kier alpha value is -2.48. The molecule has 2 aromatic rings. The van der Waals surface area contributed by atoms with Gasteiger partial charge in [0, 0.05) is 49.8 Å². The second-order valence-electron chi connectivity index (χ2n) is 5.24. The molecule has 0 radical (unpaired) electrons. The molecule has 122 valence electrons. The standard InChI is InChI=1S/C15H18N4O3S/c1-11(14-16-6-7-23-14)10-18(2)15(20)17-9-12-4-3-5-13(8-12)19(21)22/h3-8,11H,9-10H2,1-2H3,(H,17,20)/t11-/m1/s1. The molecule has 0 saturated heterocycles. The molecule has 0 aliphatic rings. The largest absolute Gasteiger partial charge is 0.334 e. The van der Waals surface area contributed by atoms with Gasteiger partial charge in [-0.3, -0.25) is 10.1 Å². The fourth-order valence-electron chi connectivity index (χ4n) is 2.14. The topological polar surface area (TPSA) is 88.4 Å². The van der Waals surface area contributed by atoms with Gasteiger partial charge in [0.25, 0.3) is 5.69 Å². The maximum absolute atomic E-state index is 12.1. The van der Waals surface area contributed by atoms with E-state index in [4.69, 9.17) is 0 Å². The third-order valence-corrected chi connectivity index (χ3v) is 4.34. The Labute approximate surface area is 138 Å². The summed E-state index contributed by atoms with van der Waals surface area (Å²) >= 11 is 1.57. The van der Waals surface area contributed by atoms with Crippen molar-refractivity contribution in [1.29, 1.82) is 0 Å². The number of amides is 2. The molecule has 1 N–H and O–H groups in total. The van der Waals surface area contributed by atoms with Crippen molar-refractivity contribution in [2.45, 2.75) is 19.4 Å². The number of nitro benzene ring substituents is 1. The zero-order chi connectivity index (χ0) is 16.8. The lowest BCUT2D eigenvalue weighted by Crippen LogP contribution is -2.38. The lowest BCUT2D eigenvalue weighted by molar-refractivity contribution is -0.384. The zero-order valence-corrected chi connectivity index (χ0v) is 13.7. The number of non-ortho nitro benzene ring substituents is 1. The number of rotatable bonds is 6. The fourth-order valence-corrected chi connectivity index (χ4v) is 2.83. The number of carbonyl (C=O) groups is 1. The van der Waals surface area contributed by atoms with Gasteiger partial charge in [-0.25, -0.2) is 9.78 Å². The highest BCUT2D eigenvalue weighted by Gasteiger charge is 2.15. The summed E-state index contributed by atoms with van der Waals surface area (Å²) in [5.41, 5.74) is 0.705. The van der Waals surface area contributed by atoms with Gasteiger partial charge in [-0.2, -0.15) is 0 Å². The molecule has 0 bridgehead atoms. The summed E-state index contributed by atoms with van der Waals surface area (Å²) in [5, 5.41) is 16.4. The van der Waals surface area contributed by atoms with Crippen LogP contribution in [0.5, 0.6) is 0 Å². The van der Waals surface area contributed by atoms with Gasteiger partial charge in [-0.05, 0) is 5.56 Å².